The first-order valence-corrected chi connectivity index (χ1v) is 8.82. The lowest BCUT2D eigenvalue weighted by Gasteiger charge is -2.06. The fraction of sp³-hybridized carbons (Fsp3) is 0.211. The molecular weight excluding hydrogens is 342 g/mol. The van der Waals surface area contributed by atoms with Crippen molar-refractivity contribution in [2.45, 2.75) is 25.8 Å². The molecule has 0 spiro atoms. The Labute approximate surface area is 154 Å². The number of imidazole rings is 1. The number of anilines is 1. The Balaban J connectivity index is 1.41. The molecule has 0 saturated heterocycles. The molecule has 3 aromatic heterocycles. The number of tetrazole rings is 1. The largest absolute Gasteiger partial charge is 0.321 e. The first-order chi connectivity index (χ1) is 13.2. The van der Waals surface area contributed by atoms with E-state index in [0.717, 1.165) is 35.4 Å². The Morgan fingerprint density at radius 1 is 1.22 bits per heavy atom. The van der Waals surface area contributed by atoms with Crippen molar-refractivity contribution < 1.29 is 4.79 Å². The van der Waals surface area contributed by atoms with Crippen molar-refractivity contribution in [1.29, 1.82) is 0 Å². The van der Waals surface area contributed by atoms with Gasteiger partial charge in [0, 0.05) is 23.6 Å². The van der Waals surface area contributed by atoms with Gasteiger partial charge in [-0.15, -0.1) is 5.10 Å². The van der Waals surface area contributed by atoms with E-state index >= 15 is 0 Å². The predicted octanol–water partition coefficient (Wildman–Crippen LogP) is 2.88. The number of hydrogen-bond donors (Lipinski definition) is 1. The summed E-state index contributed by atoms with van der Waals surface area (Å²) in [6.45, 7) is 2.00. The zero-order valence-electron chi connectivity index (χ0n) is 14.7. The summed E-state index contributed by atoms with van der Waals surface area (Å²) < 4.78 is 3.69. The van der Waals surface area contributed by atoms with Crippen LogP contribution in [0.2, 0.25) is 0 Å². The third-order valence-corrected chi connectivity index (χ3v) is 4.61. The second-order valence-corrected chi connectivity index (χ2v) is 6.81. The molecule has 5 rings (SSSR count). The van der Waals surface area contributed by atoms with Crippen LogP contribution >= 0.6 is 0 Å². The molecule has 1 saturated carbocycles. The summed E-state index contributed by atoms with van der Waals surface area (Å²) in [5.41, 5.74) is 3.76. The zero-order chi connectivity index (χ0) is 18.4. The molecule has 0 bridgehead atoms. The first-order valence-electron chi connectivity index (χ1n) is 8.82. The van der Waals surface area contributed by atoms with E-state index in [1.807, 2.05) is 58.6 Å². The van der Waals surface area contributed by atoms with Gasteiger partial charge in [-0.3, -0.25) is 4.79 Å². The highest BCUT2D eigenvalue weighted by atomic mass is 16.1. The molecule has 27 heavy (non-hydrogen) atoms. The molecule has 1 aliphatic rings. The number of amides is 1. The Hall–Kier alpha value is -3.55. The van der Waals surface area contributed by atoms with Crippen molar-refractivity contribution >= 4 is 17.2 Å². The standard InChI is InChI=1S/C19H17N7O/c1-12-7-8-25-11-16(21-17(25)9-12)19(27)20-14-4-2-3-13(10-14)18-22-23-24-26(18)15-5-6-15/h2-4,7-11,15H,5-6H2,1H3,(H,20,27). The number of pyridine rings is 1. The Morgan fingerprint density at radius 3 is 2.96 bits per heavy atom. The third kappa shape index (κ3) is 2.95. The van der Waals surface area contributed by atoms with E-state index in [-0.39, 0.29) is 5.91 Å². The molecule has 4 aromatic rings. The lowest BCUT2D eigenvalue weighted by Crippen LogP contribution is -2.12. The van der Waals surface area contributed by atoms with Gasteiger partial charge in [-0.2, -0.15) is 0 Å². The molecule has 1 aliphatic carbocycles. The van der Waals surface area contributed by atoms with Crippen LogP contribution in [0.25, 0.3) is 17.0 Å². The Kier molecular flexibility index (Phi) is 3.49. The van der Waals surface area contributed by atoms with Gasteiger partial charge in [-0.25, -0.2) is 9.67 Å². The normalized spacial score (nSPS) is 13.8. The Bertz CT molecular complexity index is 1160. The summed E-state index contributed by atoms with van der Waals surface area (Å²) >= 11 is 0. The van der Waals surface area contributed by atoms with E-state index in [1.54, 1.807) is 6.20 Å². The zero-order valence-corrected chi connectivity index (χ0v) is 14.7. The first kappa shape index (κ1) is 15.7. The number of benzene rings is 1. The van der Waals surface area contributed by atoms with Gasteiger partial charge in [-0.1, -0.05) is 12.1 Å². The molecule has 8 heteroatoms. The van der Waals surface area contributed by atoms with Crippen LogP contribution in [0.4, 0.5) is 5.69 Å². The molecular formula is C19H17N7O. The van der Waals surface area contributed by atoms with Crippen molar-refractivity contribution in [2.24, 2.45) is 0 Å². The number of carbonyl (C=O) groups is 1. The quantitative estimate of drug-likeness (QED) is 0.605. The molecule has 0 radical (unpaired) electrons. The summed E-state index contributed by atoms with van der Waals surface area (Å²) in [4.78, 5) is 17.0. The van der Waals surface area contributed by atoms with Crippen molar-refractivity contribution in [3.05, 3.63) is 60.0 Å². The van der Waals surface area contributed by atoms with Gasteiger partial charge in [0.05, 0.1) is 6.04 Å². The van der Waals surface area contributed by atoms with Crippen LogP contribution in [0.15, 0.2) is 48.8 Å². The van der Waals surface area contributed by atoms with E-state index in [0.29, 0.717) is 17.4 Å². The minimum absolute atomic E-state index is 0.254. The molecule has 1 amide bonds. The number of aromatic nitrogens is 6. The minimum Gasteiger partial charge on any atom is -0.321 e. The number of fused-ring (bicyclic) bond motifs is 1. The summed E-state index contributed by atoms with van der Waals surface area (Å²) in [5.74, 6) is 0.465. The van der Waals surface area contributed by atoms with Crippen molar-refractivity contribution in [1.82, 2.24) is 29.6 Å². The van der Waals surface area contributed by atoms with Crippen LogP contribution in [0.1, 0.15) is 34.9 Å². The summed E-state index contributed by atoms with van der Waals surface area (Å²) in [6, 6.07) is 11.8. The van der Waals surface area contributed by atoms with Gasteiger partial charge in [-0.05, 0) is 60.0 Å². The second-order valence-electron chi connectivity index (χ2n) is 6.81. The molecule has 134 valence electrons. The number of rotatable bonds is 4. The van der Waals surface area contributed by atoms with E-state index in [4.69, 9.17) is 0 Å². The van der Waals surface area contributed by atoms with Crippen LogP contribution in [-0.2, 0) is 0 Å². The fourth-order valence-electron chi connectivity index (χ4n) is 3.07. The van der Waals surface area contributed by atoms with Gasteiger partial charge < -0.3 is 9.72 Å². The average Bonchev–Trinajstić information content (AvgIpc) is 3.23. The van der Waals surface area contributed by atoms with E-state index < -0.39 is 0 Å². The Morgan fingerprint density at radius 2 is 2.11 bits per heavy atom. The average molecular weight is 359 g/mol. The number of nitrogens with one attached hydrogen (secondary N) is 1. The molecule has 1 aromatic carbocycles. The molecule has 3 heterocycles. The number of hydrogen-bond acceptors (Lipinski definition) is 5. The summed E-state index contributed by atoms with van der Waals surface area (Å²) in [6.07, 6.45) is 5.82. The lowest BCUT2D eigenvalue weighted by atomic mass is 10.2. The predicted molar refractivity (Wildman–Crippen MR) is 99.4 cm³/mol. The van der Waals surface area contributed by atoms with Crippen LogP contribution in [0.3, 0.4) is 0 Å². The highest BCUT2D eigenvalue weighted by Gasteiger charge is 2.28. The van der Waals surface area contributed by atoms with Crippen LogP contribution in [-0.4, -0.2) is 35.5 Å². The fourth-order valence-corrected chi connectivity index (χ4v) is 3.07. The smallest absolute Gasteiger partial charge is 0.275 e. The highest BCUT2D eigenvalue weighted by molar-refractivity contribution is 6.03. The topological polar surface area (TPSA) is 90.0 Å². The highest BCUT2D eigenvalue weighted by Crippen LogP contribution is 2.36. The van der Waals surface area contributed by atoms with Crippen LogP contribution in [0.5, 0.6) is 0 Å². The van der Waals surface area contributed by atoms with Crippen molar-refractivity contribution in [3.8, 4) is 11.4 Å². The van der Waals surface area contributed by atoms with Gasteiger partial charge >= 0.3 is 0 Å². The lowest BCUT2D eigenvalue weighted by molar-refractivity contribution is 0.102. The number of carbonyl (C=O) groups excluding carboxylic acids is 1. The van der Waals surface area contributed by atoms with Crippen LogP contribution < -0.4 is 5.32 Å². The molecule has 0 unspecified atom stereocenters. The van der Waals surface area contributed by atoms with Gasteiger partial charge in [0.2, 0.25) is 0 Å². The SMILES string of the molecule is Cc1ccn2cc(C(=O)Nc3cccc(-c4nnnn4C4CC4)c3)nc2c1. The second kappa shape index (κ2) is 6.01. The van der Waals surface area contributed by atoms with Crippen molar-refractivity contribution in [2.75, 3.05) is 5.32 Å². The summed E-state index contributed by atoms with van der Waals surface area (Å²) in [5, 5.41) is 14.9. The summed E-state index contributed by atoms with van der Waals surface area (Å²) in [7, 11) is 0. The van der Waals surface area contributed by atoms with Crippen molar-refractivity contribution in [3.63, 3.8) is 0 Å². The van der Waals surface area contributed by atoms with Gasteiger partial charge in [0.1, 0.15) is 11.3 Å². The monoisotopic (exact) mass is 359 g/mol. The van der Waals surface area contributed by atoms with Gasteiger partial charge in [0.15, 0.2) is 5.82 Å². The minimum atomic E-state index is -0.254. The molecule has 1 N–H and O–H groups in total. The number of nitrogens with zero attached hydrogens (tertiary/aromatic N) is 6. The van der Waals surface area contributed by atoms with E-state index in [9.17, 15) is 4.79 Å². The number of aryl methyl sites for hydroxylation is 1. The van der Waals surface area contributed by atoms with Gasteiger partial charge in [0.25, 0.3) is 5.91 Å². The molecule has 1 fully saturated rings. The molecule has 0 atom stereocenters. The third-order valence-electron chi connectivity index (χ3n) is 4.61. The van der Waals surface area contributed by atoms with E-state index in [1.165, 1.54) is 0 Å². The maximum atomic E-state index is 12.6. The molecule has 8 nitrogen and oxygen atoms in total. The van der Waals surface area contributed by atoms with Crippen LogP contribution in [0, 0.1) is 6.92 Å². The molecule has 0 aliphatic heterocycles. The maximum Gasteiger partial charge on any atom is 0.275 e. The maximum absolute atomic E-state index is 12.6. The van der Waals surface area contributed by atoms with E-state index in [2.05, 4.69) is 25.8 Å².